The molecule has 3 aromatic heterocycles. The number of aryl methyl sites for hydroxylation is 1. The summed E-state index contributed by atoms with van der Waals surface area (Å²) in [5.41, 5.74) is 4.53. The van der Waals surface area contributed by atoms with Crippen LogP contribution >= 0.6 is 0 Å². The summed E-state index contributed by atoms with van der Waals surface area (Å²) in [7, 11) is 0. The van der Waals surface area contributed by atoms with Crippen molar-refractivity contribution in [1.29, 1.82) is 0 Å². The molecule has 0 aliphatic heterocycles. The predicted molar refractivity (Wildman–Crippen MR) is 304 cm³/mol. The van der Waals surface area contributed by atoms with Crippen molar-refractivity contribution in [3.05, 3.63) is 247 Å². The van der Waals surface area contributed by atoms with E-state index in [4.69, 9.17) is 31.7 Å². The van der Waals surface area contributed by atoms with Crippen LogP contribution in [0.3, 0.4) is 0 Å². The largest absolute Gasteiger partial charge is 0.510 e. The Bertz CT molecular complexity index is 5030. The van der Waals surface area contributed by atoms with E-state index in [2.05, 4.69) is 45.3 Å². The summed E-state index contributed by atoms with van der Waals surface area (Å²) in [6.07, 6.45) is 4.76. The van der Waals surface area contributed by atoms with Gasteiger partial charge in [0, 0.05) is 54.0 Å². The third-order valence-corrected chi connectivity index (χ3v) is 13.1. The number of aromatic nitrogens is 4. The van der Waals surface area contributed by atoms with E-state index in [1.54, 1.807) is 56.2 Å². The first-order valence-electron chi connectivity index (χ1n) is 33.0. The van der Waals surface area contributed by atoms with E-state index in [9.17, 15) is 2.74 Å². The van der Waals surface area contributed by atoms with Crippen LogP contribution in [0.25, 0.3) is 94.5 Å². The fourth-order valence-corrected chi connectivity index (χ4v) is 9.33. The van der Waals surface area contributed by atoms with Gasteiger partial charge in [0.05, 0.1) is 37.3 Å². The second kappa shape index (κ2) is 19.6. The fourth-order valence-electron chi connectivity index (χ4n) is 9.33. The van der Waals surface area contributed by atoms with Gasteiger partial charge < -0.3 is 13.9 Å². The topological polar surface area (TPSA) is 35.9 Å². The summed E-state index contributed by atoms with van der Waals surface area (Å²) < 4.78 is 169. The standard InChI is InChI=1S/C69H56N4O.Pt/c1-46-37-66(70-44-61(46)49-25-15-10-16-26-49)73-62-32-18-17-31-57(62)58-35-34-56(43-64(58)73)74-55-30-20-29-54(42-55)71-45-72(63-36-33-50(39-65(63)71)47-21-11-8-12-22-47)67-59(48-23-13-9-14-24-48)40-53(69(5,6)7)41-60(67)51-27-19-28-52(38-51)68(2,3)4;/h8-41,44H,1-7H3;/q-2;/i1D3,8D,9D,10D,11D,12D,13D,14D,15D,16D,21D,22D,23D,24D,25D,26D;. The zero-order valence-electron chi connectivity index (χ0n) is 59.6. The average molecular weight is 1170 g/mol. The van der Waals surface area contributed by atoms with Crippen LogP contribution in [0.15, 0.2) is 212 Å². The quantitative estimate of drug-likeness (QED) is 0.107. The number of fused-ring (bicyclic) bond motifs is 4. The van der Waals surface area contributed by atoms with E-state index in [-0.39, 0.29) is 77.2 Å². The van der Waals surface area contributed by atoms with Crippen molar-refractivity contribution < 1.29 is 55.0 Å². The van der Waals surface area contributed by atoms with E-state index in [1.807, 2.05) is 81.4 Å². The Balaban J connectivity index is 0.00000884. The van der Waals surface area contributed by atoms with E-state index in [0.29, 0.717) is 50.0 Å². The number of pyridine rings is 1. The molecule has 0 bridgehead atoms. The molecule has 12 rings (SSSR count). The summed E-state index contributed by atoms with van der Waals surface area (Å²) in [6.45, 7) is 9.54. The predicted octanol–water partition coefficient (Wildman–Crippen LogP) is 17.2. The van der Waals surface area contributed by atoms with Crippen molar-refractivity contribution in [1.82, 2.24) is 14.1 Å². The molecule has 0 radical (unpaired) electrons. The van der Waals surface area contributed by atoms with Gasteiger partial charge in [0.2, 0.25) is 0 Å². The Morgan fingerprint density at radius 1 is 0.547 bits per heavy atom. The molecule has 6 heteroatoms. The number of ether oxygens (including phenoxy) is 1. The van der Waals surface area contributed by atoms with E-state index in [1.165, 1.54) is 12.3 Å². The van der Waals surface area contributed by atoms with Gasteiger partial charge in [-0.1, -0.05) is 204 Å². The minimum atomic E-state index is -2.85. The molecule has 0 N–H and O–H groups in total. The summed E-state index contributed by atoms with van der Waals surface area (Å²) in [5.74, 6) is 0.481. The monoisotopic (exact) mass is 1170 g/mol. The summed E-state index contributed by atoms with van der Waals surface area (Å²) in [6, 6.07) is 33.0. The number of rotatable bonds is 9. The Morgan fingerprint density at radius 2 is 1.20 bits per heavy atom. The van der Waals surface area contributed by atoms with Crippen LogP contribution in [0.2, 0.25) is 0 Å². The van der Waals surface area contributed by atoms with Gasteiger partial charge in [-0.3, -0.25) is 4.57 Å². The molecule has 0 aliphatic rings. The molecular formula is C69H56N4OPt-2. The molecular weight excluding hydrogens is 1100 g/mol. The number of hydrogen-bond acceptors (Lipinski definition) is 2. The van der Waals surface area contributed by atoms with Gasteiger partial charge in [-0.15, -0.1) is 29.7 Å². The molecule has 0 saturated carbocycles. The van der Waals surface area contributed by atoms with Crippen LogP contribution in [0.4, 0.5) is 0 Å². The van der Waals surface area contributed by atoms with Crippen molar-refractivity contribution in [2.75, 3.05) is 0 Å². The zero-order valence-corrected chi connectivity index (χ0v) is 43.8. The zero-order chi connectivity index (χ0) is 66.3. The van der Waals surface area contributed by atoms with Crippen LogP contribution in [0, 0.1) is 25.3 Å². The summed E-state index contributed by atoms with van der Waals surface area (Å²) >= 11 is 0. The van der Waals surface area contributed by atoms with Crippen LogP contribution in [0.1, 0.15) is 82.9 Å². The van der Waals surface area contributed by atoms with Gasteiger partial charge in [0.25, 0.3) is 6.33 Å². The number of hydrogen-bond donors (Lipinski definition) is 0. The molecule has 0 unspecified atom stereocenters. The van der Waals surface area contributed by atoms with E-state index < -0.39 is 103 Å². The maximum atomic E-state index is 9.46. The fraction of sp³-hybridized carbons (Fsp3) is 0.130. The molecule has 5 nitrogen and oxygen atoms in total. The van der Waals surface area contributed by atoms with Crippen LogP contribution in [0.5, 0.6) is 11.5 Å². The SMILES string of the molecule is [2H]c1c([2H])c([2H])c(-c2ccc3c(c2)n(-c2[c-]c(Oc4[c-]c5c(cc4)c4ccccc4n5-c4cc(C([2H])([2H])[2H])c(-c5c([2H])c([2H])c([2H])c([2H])c5[2H])cn4)ccc2)[c-][n+]3-c2c(-c3cccc(C(C)(C)C)c3)cc(C(C)(C)C)cc2-c2c([2H])c([2H])c([2H])c([2H])c2[2H])c([2H])c1[2H].[Pt]. The van der Waals surface area contributed by atoms with Crippen molar-refractivity contribution in [3.63, 3.8) is 0 Å². The number of imidazole rings is 1. The third kappa shape index (κ3) is 9.32. The Hall–Kier alpha value is -8.11. The molecule has 0 amide bonds. The van der Waals surface area contributed by atoms with Gasteiger partial charge >= 0.3 is 0 Å². The van der Waals surface area contributed by atoms with Crippen molar-refractivity contribution in [2.24, 2.45) is 0 Å². The average Bonchev–Trinajstić information content (AvgIpc) is 1.69. The summed E-state index contributed by atoms with van der Waals surface area (Å²) in [5, 5.41) is 1.44. The van der Waals surface area contributed by atoms with Gasteiger partial charge in [0.15, 0.2) is 0 Å². The molecule has 370 valence electrons. The minimum Gasteiger partial charge on any atom is -0.510 e. The molecule has 3 heterocycles. The van der Waals surface area contributed by atoms with Crippen LogP contribution in [-0.4, -0.2) is 14.1 Å². The third-order valence-electron chi connectivity index (χ3n) is 13.1. The van der Waals surface area contributed by atoms with Crippen molar-refractivity contribution in [3.8, 4) is 73.2 Å². The molecule has 9 aromatic carbocycles. The normalized spacial score (nSPS) is 15.4. The van der Waals surface area contributed by atoms with Gasteiger partial charge in [-0.2, -0.15) is 18.2 Å². The maximum Gasteiger partial charge on any atom is 0.268 e. The first-order valence-corrected chi connectivity index (χ1v) is 24.0. The smallest absolute Gasteiger partial charge is 0.268 e. The maximum absolute atomic E-state index is 9.46. The van der Waals surface area contributed by atoms with Gasteiger partial charge in [-0.05, 0) is 103 Å². The Labute approximate surface area is 479 Å². The Kier molecular flexibility index (Phi) is 8.44. The van der Waals surface area contributed by atoms with Gasteiger partial charge in [-0.25, -0.2) is 4.98 Å². The minimum absolute atomic E-state index is 0. The van der Waals surface area contributed by atoms with Crippen LogP contribution in [-0.2, 0) is 31.9 Å². The number of benzene rings is 9. The van der Waals surface area contributed by atoms with Crippen molar-refractivity contribution in [2.45, 2.75) is 59.2 Å². The molecule has 75 heavy (non-hydrogen) atoms. The molecule has 0 spiro atoms. The molecule has 0 saturated heterocycles. The van der Waals surface area contributed by atoms with E-state index >= 15 is 0 Å². The van der Waals surface area contributed by atoms with Gasteiger partial charge in [0.1, 0.15) is 5.82 Å². The Morgan fingerprint density at radius 3 is 1.91 bits per heavy atom. The first kappa shape index (κ1) is 32.3. The van der Waals surface area contributed by atoms with E-state index in [0.717, 1.165) is 22.1 Å². The second-order valence-electron chi connectivity index (χ2n) is 20.0. The van der Waals surface area contributed by atoms with Crippen LogP contribution < -0.4 is 9.30 Å². The molecule has 0 fully saturated rings. The first-order chi connectivity index (χ1) is 43.3. The number of para-hydroxylation sites is 1. The number of nitrogens with zero attached hydrogens (tertiary/aromatic N) is 4. The second-order valence-corrected chi connectivity index (χ2v) is 20.0. The molecule has 0 atom stereocenters. The summed E-state index contributed by atoms with van der Waals surface area (Å²) in [4.78, 5) is 4.70. The molecule has 0 aliphatic carbocycles. The molecule has 12 aromatic rings. The van der Waals surface area contributed by atoms with Crippen molar-refractivity contribution >= 4 is 32.8 Å².